The lowest BCUT2D eigenvalue weighted by atomic mass is 9.79. The number of ether oxygens (including phenoxy) is 1. The second kappa shape index (κ2) is 11.3. The van der Waals surface area contributed by atoms with Crippen molar-refractivity contribution >= 4 is 16.8 Å². The number of aryl methyl sites for hydroxylation is 1. The number of amides is 1. The van der Waals surface area contributed by atoms with E-state index in [0.29, 0.717) is 31.2 Å². The van der Waals surface area contributed by atoms with Gasteiger partial charge in [-0.3, -0.25) is 14.5 Å². The SMILES string of the molecule is CC1CCCCC1C(=O)N(Cc1cc2ccccc2n(C)c1=O)CC1(N2CCN(C)CC2)CCCOC1. The maximum Gasteiger partial charge on any atom is 0.255 e. The molecule has 0 radical (unpaired) electrons. The number of likely N-dealkylation sites (N-methyl/N-ethyl adjacent to an activating group) is 1. The first-order valence-electron chi connectivity index (χ1n) is 14.3. The van der Waals surface area contributed by atoms with E-state index in [9.17, 15) is 9.59 Å². The van der Waals surface area contributed by atoms with E-state index in [-0.39, 0.29) is 22.9 Å². The van der Waals surface area contributed by atoms with Gasteiger partial charge < -0.3 is 19.1 Å². The van der Waals surface area contributed by atoms with Gasteiger partial charge in [-0.1, -0.05) is 38.0 Å². The van der Waals surface area contributed by atoms with Gasteiger partial charge in [0.05, 0.1) is 24.2 Å². The molecular formula is C30H44N4O3. The maximum atomic E-state index is 14.3. The zero-order valence-corrected chi connectivity index (χ0v) is 23.0. The number of hydrogen-bond donors (Lipinski definition) is 0. The molecule has 7 nitrogen and oxygen atoms in total. The molecule has 3 fully saturated rings. The fraction of sp³-hybridized carbons (Fsp3) is 0.667. The molecule has 3 aliphatic rings. The van der Waals surface area contributed by atoms with Crippen LogP contribution in [-0.4, -0.2) is 83.7 Å². The van der Waals surface area contributed by atoms with Crippen molar-refractivity contribution in [1.82, 2.24) is 19.3 Å². The Morgan fingerprint density at radius 3 is 2.57 bits per heavy atom. The molecule has 2 saturated heterocycles. The van der Waals surface area contributed by atoms with Crippen LogP contribution in [0.25, 0.3) is 10.9 Å². The quantitative estimate of drug-likeness (QED) is 0.598. The van der Waals surface area contributed by atoms with E-state index in [1.807, 2.05) is 42.3 Å². The topological polar surface area (TPSA) is 58.0 Å². The van der Waals surface area contributed by atoms with Gasteiger partial charge in [0.2, 0.25) is 5.91 Å². The summed E-state index contributed by atoms with van der Waals surface area (Å²) in [7, 11) is 4.02. The van der Waals surface area contributed by atoms with Gasteiger partial charge in [0.15, 0.2) is 0 Å². The molecule has 2 aromatic rings. The van der Waals surface area contributed by atoms with Gasteiger partial charge in [0.25, 0.3) is 5.56 Å². The predicted molar refractivity (Wildman–Crippen MR) is 148 cm³/mol. The molecule has 7 heteroatoms. The van der Waals surface area contributed by atoms with Crippen molar-refractivity contribution < 1.29 is 9.53 Å². The molecule has 1 aromatic carbocycles. The number of hydrogen-bond acceptors (Lipinski definition) is 5. The maximum absolute atomic E-state index is 14.3. The highest BCUT2D eigenvalue weighted by Crippen LogP contribution is 2.34. The minimum atomic E-state index is -0.199. The average Bonchev–Trinajstić information content (AvgIpc) is 2.92. The highest BCUT2D eigenvalue weighted by atomic mass is 16.5. The predicted octanol–water partition coefficient (Wildman–Crippen LogP) is 3.49. The standard InChI is InChI=1S/C30H44N4O3/c1-23-9-4-6-11-26(23)29(36)33(20-25-19-24-10-5-7-12-27(24)32(3)28(25)35)21-30(13-8-18-37-22-30)34-16-14-31(2)15-17-34/h5,7,10,12,19,23,26H,4,6,8-9,11,13-18,20-22H2,1-3H3. The summed E-state index contributed by atoms with van der Waals surface area (Å²) < 4.78 is 7.84. The largest absolute Gasteiger partial charge is 0.379 e. The van der Waals surface area contributed by atoms with Crippen molar-refractivity contribution in [2.75, 3.05) is 53.0 Å². The number of piperazine rings is 1. The van der Waals surface area contributed by atoms with Crippen LogP contribution in [0.2, 0.25) is 0 Å². The van der Waals surface area contributed by atoms with Crippen LogP contribution in [-0.2, 0) is 23.1 Å². The Hall–Kier alpha value is -2.22. The van der Waals surface area contributed by atoms with E-state index in [2.05, 4.69) is 23.8 Å². The first-order valence-corrected chi connectivity index (χ1v) is 14.3. The molecule has 1 aliphatic carbocycles. The minimum Gasteiger partial charge on any atom is -0.379 e. The van der Waals surface area contributed by atoms with Crippen LogP contribution >= 0.6 is 0 Å². The zero-order valence-electron chi connectivity index (χ0n) is 23.0. The summed E-state index contributed by atoms with van der Waals surface area (Å²) in [6, 6.07) is 10.0. The van der Waals surface area contributed by atoms with Crippen molar-refractivity contribution in [3.63, 3.8) is 0 Å². The summed E-state index contributed by atoms with van der Waals surface area (Å²) in [4.78, 5) is 34.7. The number of para-hydroxylation sites is 1. The number of carbonyl (C=O) groups excluding carboxylic acids is 1. The smallest absolute Gasteiger partial charge is 0.255 e. The summed E-state index contributed by atoms with van der Waals surface area (Å²) in [6.07, 6.45) is 6.40. The molecule has 1 aromatic heterocycles. The Morgan fingerprint density at radius 1 is 1.08 bits per heavy atom. The molecular weight excluding hydrogens is 464 g/mol. The van der Waals surface area contributed by atoms with E-state index in [4.69, 9.17) is 4.74 Å². The fourth-order valence-corrected chi connectivity index (χ4v) is 6.89. The highest BCUT2D eigenvalue weighted by molar-refractivity contribution is 5.81. The molecule has 202 valence electrons. The third kappa shape index (κ3) is 5.50. The van der Waals surface area contributed by atoms with Crippen LogP contribution in [0.3, 0.4) is 0 Å². The summed E-state index contributed by atoms with van der Waals surface area (Å²) in [6.45, 7) is 8.67. The molecule has 3 unspecified atom stereocenters. The minimum absolute atomic E-state index is 0.0123. The van der Waals surface area contributed by atoms with Gasteiger partial charge in [-0.05, 0) is 56.2 Å². The van der Waals surface area contributed by atoms with E-state index < -0.39 is 0 Å². The Kier molecular flexibility index (Phi) is 8.03. The zero-order chi connectivity index (χ0) is 26.0. The van der Waals surface area contributed by atoms with Gasteiger partial charge in [-0.15, -0.1) is 0 Å². The molecule has 1 amide bonds. The van der Waals surface area contributed by atoms with Crippen molar-refractivity contribution in [2.24, 2.45) is 18.9 Å². The van der Waals surface area contributed by atoms with Crippen LogP contribution in [0.1, 0.15) is 51.0 Å². The monoisotopic (exact) mass is 508 g/mol. The Labute approximate surface area is 221 Å². The second-order valence-corrected chi connectivity index (χ2v) is 11.8. The summed E-state index contributed by atoms with van der Waals surface area (Å²) in [5.74, 6) is 0.638. The number of nitrogens with zero attached hydrogens (tertiary/aromatic N) is 4. The molecule has 3 atom stereocenters. The summed E-state index contributed by atoms with van der Waals surface area (Å²) in [5, 5.41) is 1.04. The molecule has 0 spiro atoms. The van der Waals surface area contributed by atoms with Crippen molar-refractivity contribution in [2.45, 2.75) is 57.5 Å². The van der Waals surface area contributed by atoms with Crippen molar-refractivity contribution in [3.05, 3.63) is 46.2 Å². The lowest BCUT2D eigenvalue weighted by Crippen LogP contribution is -2.65. The molecule has 2 aliphatic heterocycles. The van der Waals surface area contributed by atoms with Crippen LogP contribution in [0.4, 0.5) is 0 Å². The average molecular weight is 509 g/mol. The Bertz CT molecular complexity index is 1150. The first-order chi connectivity index (χ1) is 17.9. The third-order valence-electron chi connectivity index (χ3n) is 9.27. The van der Waals surface area contributed by atoms with Crippen LogP contribution in [0, 0.1) is 11.8 Å². The van der Waals surface area contributed by atoms with Crippen LogP contribution in [0.5, 0.6) is 0 Å². The lowest BCUT2D eigenvalue weighted by molar-refractivity contribution is -0.145. The third-order valence-corrected chi connectivity index (χ3v) is 9.27. The number of pyridine rings is 1. The van der Waals surface area contributed by atoms with Crippen molar-refractivity contribution in [3.8, 4) is 0 Å². The van der Waals surface area contributed by atoms with E-state index in [1.54, 1.807) is 4.57 Å². The number of aromatic nitrogens is 1. The molecule has 37 heavy (non-hydrogen) atoms. The van der Waals surface area contributed by atoms with Gasteiger partial charge in [-0.25, -0.2) is 0 Å². The van der Waals surface area contributed by atoms with Gasteiger partial charge >= 0.3 is 0 Å². The van der Waals surface area contributed by atoms with Gasteiger partial charge in [-0.2, -0.15) is 0 Å². The second-order valence-electron chi connectivity index (χ2n) is 11.8. The normalized spacial score (nSPS) is 27.9. The number of benzene rings is 1. The van der Waals surface area contributed by atoms with Crippen molar-refractivity contribution in [1.29, 1.82) is 0 Å². The molecule has 1 saturated carbocycles. The van der Waals surface area contributed by atoms with Crippen LogP contribution in [0.15, 0.2) is 35.1 Å². The molecule has 3 heterocycles. The number of rotatable bonds is 6. The van der Waals surface area contributed by atoms with Gasteiger partial charge in [0, 0.05) is 57.9 Å². The molecule has 5 rings (SSSR count). The Balaban J connectivity index is 1.50. The number of fused-ring (bicyclic) bond motifs is 1. The van der Waals surface area contributed by atoms with E-state index >= 15 is 0 Å². The summed E-state index contributed by atoms with van der Waals surface area (Å²) >= 11 is 0. The molecule has 0 N–H and O–H groups in total. The van der Waals surface area contributed by atoms with E-state index in [0.717, 1.165) is 75.8 Å². The summed E-state index contributed by atoms with van der Waals surface area (Å²) in [5.41, 5.74) is 1.41. The van der Waals surface area contributed by atoms with E-state index in [1.165, 1.54) is 6.42 Å². The number of carbonyl (C=O) groups is 1. The lowest BCUT2D eigenvalue weighted by Gasteiger charge is -2.51. The molecule has 0 bridgehead atoms. The fourth-order valence-electron chi connectivity index (χ4n) is 6.89. The first kappa shape index (κ1) is 26.4. The van der Waals surface area contributed by atoms with Crippen LogP contribution < -0.4 is 5.56 Å². The highest BCUT2D eigenvalue weighted by Gasteiger charge is 2.43. The van der Waals surface area contributed by atoms with Gasteiger partial charge in [0.1, 0.15) is 0 Å². The Morgan fingerprint density at radius 2 is 1.84 bits per heavy atom.